The van der Waals surface area contributed by atoms with Crippen LogP contribution in [0.5, 0.6) is 0 Å². The summed E-state index contributed by atoms with van der Waals surface area (Å²) >= 11 is 0. The van der Waals surface area contributed by atoms with Crippen LogP contribution in [0.15, 0.2) is 29.3 Å². The highest BCUT2D eigenvalue weighted by Crippen LogP contribution is 2.19. The Labute approximate surface area is 193 Å². The van der Waals surface area contributed by atoms with Crippen LogP contribution >= 0.6 is 0 Å². The number of carbonyl (C=O) groups excluding carboxylic acids is 1. The summed E-state index contributed by atoms with van der Waals surface area (Å²) in [6, 6.07) is 9.01. The Balaban J connectivity index is 1.49. The van der Waals surface area contributed by atoms with E-state index in [-0.39, 0.29) is 5.91 Å². The van der Waals surface area contributed by atoms with E-state index in [2.05, 4.69) is 58.6 Å². The van der Waals surface area contributed by atoms with Gasteiger partial charge in [-0.2, -0.15) is 0 Å². The summed E-state index contributed by atoms with van der Waals surface area (Å²) in [5, 5.41) is 7.01. The van der Waals surface area contributed by atoms with Crippen molar-refractivity contribution in [2.45, 2.75) is 58.7 Å². The van der Waals surface area contributed by atoms with Crippen molar-refractivity contribution in [3.8, 4) is 0 Å². The molecule has 2 N–H and O–H groups in total. The normalized spacial score (nSPS) is 18.9. The van der Waals surface area contributed by atoms with Crippen molar-refractivity contribution in [1.29, 1.82) is 0 Å². The van der Waals surface area contributed by atoms with E-state index < -0.39 is 0 Å². The number of nitrogens with one attached hydrogen (secondary N) is 2. The lowest BCUT2D eigenvalue weighted by molar-refractivity contribution is -0.128. The molecule has 0 spiro atoms. The first kappa shape index (κ1) is 24.5. The van der Waals surface area contributed by atoms with Gasteiger partial charge in [0.1, 0.15) is 0 Å². The van der Waals surface area contributed by atoms with Gasteiger partial charge in [-0.05, 0) is 23.5 Å². The molecule has 1 unspecified atom stereocenters. The van der Waals surface area contributed by atoms with Gasteiger partial charge in [-0.15, -0.1) is 0 Å². The number of morpholine rings is 1. The molecular weight excluding hydrogens is 402 g/mol. The fraction of sp³-hybridized carbons (Fsp3) is 0.680. The summed E-state index contributed by atoms with van der Waals surface area (Å²) in [5.41, 5.74) is 2.39. The molecule has 32 heavy (non-hydrogen) atoms. The van der Waals surface area contributed by atoms with Crippen LogP contribution < -0.4 is 10.6 Å². The largest absolute Gasteiger partial charge is 0.379 e. The van der Waals surface area contributed by atoms with Crippen molar-refractivity contribution < 1.29 is 9.53 Å². The van der Waals surface area contributed by atoms with Crippen molar-refractivity contribution in [2.75, 3.05) is 46.4 Å². The van der Waals surface area contributed by atoms with Crippen molar-refractivity contribution >= 4 is 11.9 Å². The molecule has 0 radical (unpaired) electrons. The van der Waals surface area contributed by atoms with Crippen LogP contribution in [0.3, 0.4) is 0 Å². The van der Waals surface area contributed by atoms with Gasteiger partial charge in [0.2, 0.25) is 5.91 Å². The summed E-state index contributed by atoms with van der Waals surface area (Å²) in [6.45, 7) is 11.4. The number of aliphatic imine (C=N–C) groups is 1. The van der Waals surface area contributed by atoms with E-state index in [0.29, 0.717) is 24.9 Å². The number of hydrogen-bond acceptors (Lipinski definition) is 4. The minimum absolute atomic E-state index is 0.273. The van der Waals surface area contributed by atoms with Crippen LogP contribution in [0.4, 0.5) is 0 Å². The molecule has 0 bridgehead atoms. The van der Waals surface area contributed by atoms with E-state index in [4.69, 9.17) is 4.74 Å². The van der Waals surface area contributed by atoms with Gasteiger partial charge in [-0.3, -0.25) is 14.7 Å². The van der Waals surface area contributed by atoms with Gasteiger partial charge >= 0.3 is 0 Å². The maximum atomic E-state index is 11.8. The molecule has 7 heteroatoms. The SMILES string of the molecule is CCC(CC)C(CNC(=NC)NCc1ccc(CN2CCCC2=O)cc1)N1CCOCC1. The van der Waals surface area contributed by atoms with Gasteiger partial charge in [0, 0.05) is 58.8 Å². The fourth-order valence-corrected chi connectivity index (χ4v) is 4.80. The second-order valence-electron chi connectivity index (χ2n) is 8.83. The van der Waals surface area contributed by atoms with E-state index in [9.17, 15) is 4.79 Å². The molecule has 2 aliphatic heterocycles. The standard InChI is InChI=1S/C25H41N5O2/c1-4-22(5-2)23(29-13-15-32-16-14-29)18-28-25(26-3)27-17-20-8-10-21(11-9-20)19-30-12-6-7-24(30)31/h8-11,22-23H,4-7,12-19H2,1-3H3,(H2,26,27,28). The zero-order chi connectivity index (χ0) is 22.8. The predicted octanol–water partition coefficient (Wildman–Crippen LogP) is 2.61. The minimum Gasteiger partial charge on any atom is -0.379 e. The Hall–Kier alpha value is -2.12. The molecule has 2 aliphatic rings. The number of nitrogens with zero attached hydrogens (tertiary/aromatic N) is 3. The van der Waals surface area contributed by atoms with Crippen LogP contribution in [0.25, 0.3) is 0 Å². The minimum atomic E-state index is 0.273. The molecule has 178 valence electrons. The van der Waals surface area contributed by atoms with E-state index in [1.165, 1.54) is 24.0 Å². The summed E-state index contributed by atoms with van der Waals surface area (Å²) in [7, 11) is 1.83. The van der Waals surface area contributed by atoms with Crippen LogP contribution in [0.2, 0.25) is 0 Å². The van der Waals surface area contributed by atoms with E-state index in [1.807, 2.05) is 11.9 Å². The summed E-state index contributed by atoms with van der Waals surface area (Å²) in [5.74, 6) is 1.77. The zero-order valence-corrected chi connectivity index (χ0v) is 20.1. The quantitative estimate of drug-likeness (QED) is 0.430. The Morgan fingerprint density at radius 3 is 2.34 bits per heavy atom. The molecule has 1 atom stereocenters. The molecule has 0 saturated carbocycles. The maximum Gasteiger partial charge on any atom is 0.222 e. The van der Waals surface area contributed by atoms with Gasteiger partial charge < -0.3 is 20.3 Å². The molecule has 2 saturated heterocycles. The molecule has 1 aromatic carbocycles. The fourth-order valence-electron chi connectivity index (χ4n) is 4.80. The molecule has 1 aromatic rings. The van der Waals surface area contributed by atoms with Gasteiger partial charge in [0.25, 0.3) is 0 Å². The molecule has 7 nitrogen and oxygen atoms in total. The topological polar surface area (TPSA) is 69.2 Å². The number of hydrogen-bond donors (Lipinski definition) is 2. The first-order chi connectivity index (χ1) is 15.6. The number of benzene rings is 1. The number of carbonyl (C=O) groups is 1. The lowest BCUT2D eigenvalue weighted by Gasteiger charge is -2.39. The van der Waals surface area contributed by atoms with Crippen molar-refractivity contribution in [3.05, 3.63) is 35.4 Å². The lowest BCUT2D eigenvalue weighted by Crippen LogP contribution is -2.53. The Morgan fingerprint density at radius 2 is 1.75 bits per heavy atom. The van der Waals surface area contributed by atoms with Crippen LogP contribution in [0.1, 0.15) is 50.7 Å². The average Bonchev–Trinajstić information content (AvgIpc) is 3.24. The third-order valence-electron chi connectivity index (χ3n) is 6.84. The van der Waals surface area contributed by atoms with Gasteiger partial charge in [0.15, 0.2) is 5.96 Å². The second kappa shape index (κ2) is 12.8. The van der Waals surface area contributed by atoms with E-state index >= 15 is 0 Å². The summed E-state index contributed by atoms with van der Waals surface area (Å²) in [6.07, 6.45) is 4.04. The van der Waals surface area contributed by atoms with Gasteiger partial charge in [-0.1, -0.05) is 51.0 Å². The number of guanidine groups is 1. The third kappa shape index (κ3) is 6.94. The van der Waals surface area contributed by atoms with E-state index in [1.54, 1.807) is 0 Å². The van der Waals surface area contributed by atoms with Crippen LogP contribution in [0, 0.1) is 5.92 Å². The van der Waals surface area contributed by atoms with Gasteiger partial charge in [-0.25, -0.2) is 0 Å². The monoisotopic (exact) mass is 443 g/mol. The highest BCUT2D eigenvalue weighted by atomic mass is 16.5. The molecule has 2 heterocycles. The Kier molecular flexibility index (Phi) is 9.81. The van der Waals surface area contributed by atoms with Crippen molar-refractivity contribution in [1.82, 2.24) is 20.4 Å². The summed E-state index contributed by atoms with van der Waals surface area (Å²) in [4.78, 5) is 20.8. The van der Waals surface area contributed by atoms with E-state index in [0.717, 1.165) is 58.3 Å². The lowest BCUT2D eigenvalue weighted by atomic mass is 9.92. The maximum absolute atomic E-state index is 11.8. The molecule has 3 rings (SSSR count). The highest BCUT2D eigenvalue weighted by molar-refractivity contribution is 5.79. The Bertz CT molecular complexity index is 726. The number of likely N-dealkylation sites (tertiary alicyclic amines) is 1. The second-order valence-corrected chi connectivity index (χ2v) is 8.83. The molecule has 0 aliphatic carbocycles. The van der Waals surface area contributed by atoms with Crippen molar-refractivity contribution in [2.24, 2.45) is 10.9 Å². The average molecular weight is 444 g/mol. The van der Waals surface area contributed by atoms with Crippen LogP contribution in [-0.2, 0) is 22.6 Å². The molecule has 2 fully saturated rings. The third-order valence-corrected chi connectivity index (χ3v) is 6.84. The molecular formula is C25H41N5O2. The van der Waals surface area contributed by atoms with Gasteiger partial charge in [0.05, 0.1) is 13.2 Å². The smallest absolute Gasteiger partial charge is 0.222 e. The first-order valence-corrected chi connectivity index (χ1v) is 12.3. The zero-order valence-electron chi connectivity index (χ0n) is 20.1. The predicted molar refractivity (Wildman–Crippen MR) is 130 cm³/mol. The van der Waals surface area contributed by atoms with Crippen molar-refractivity contribution in [3.63, 3.8) is 0 Å². The molecule has 1 amide bonds. The first-order valence-electron chi connectivity index (χ1n) is 12.3. The molecule has 0 aromatic heterocycles. The number of amides is 1. The number of rotatable bonds is 10. The Morgan fingerprint density at radius 1 is 1.06 bits per heavy atom. The summed E-state index contributed by atoms with van der Waals surface area (Å²) < 4.78 is 5.56. The highest BCUT2D eigenvalue weighted by Gasteiger charge is 2.27. The van der Waals surface area contributed by atoms with Crippen LogP contribution in [-0.4, -0.2) is 74.1 Å². The number of ether oxygens (including phenoxy) is 1.